The first kappa shape index (κ1) is 44.2. The van der Waals surface area contributed by atoms with Crippen LogP contribution in [0.3, 0.4) is 0 Å². The minimum atomic E-state index is -1.53. The number of allylic oxidation sites excluding steroid dienone is 1. The highest BCUT2D eigenvalue weighted by Crippen LogP contribution is 2.62. The number of nitrogens with zero attached hydrogens (tertiary/aromatic N) is 3. The molecule has 0 saturated heterocycles. The van der Waals surface area contributed by atoms with E-state index in [0.29, 0.717) is 35.6 Å². The number of oxime groups is 1. The summed E-state index contributed by atoms with van der Waals surface area (Å²) in [4.78, 5) is 32.5. The smallest absolute Gasteiger partial charge is 0.415 e. The number of likely N-dealkylation sites (N-methyl/N-ethyl adjacent to an activating group) is 1. The van der Waals surface area contributed by atoms with Crippen molar-refractivity contribution in [3.63, 3.8) is 0 Å². The topological polar surface area (TPSA) is 162 Å². The molecule has 0 aromatic heterocycles. The number of non-ortho nitro benzene ring substituents is 1. The summed E-state index contributed by atoms with van der Waals surface area (Å²) in [5.74, 6) is -1.64. The first-order valence-corrected chi connectivity index (χ1v) is 20.6. The van der Waals surface area contributed by atoms with E-state index in [4.69, 9.17) is 28.9 Å². The Balaban J connectivity index is 1.52. The van der Waals surface area contributed by atoms with Crippen molar-refractivity contribution in [2.45, 2.75) is 95.7 Å². The summed E-state index contributed by atoms with van der Waals surface area (Å²) in [6, 6.07) is 16.4. The standard InChI is InChI=1S/C46H56FN3O10/c1-6-25-57-46-41(49(5)44(53)58-33-19-17-32(18-20-33)50(54)55)28-39(48-60-45(2,3)4)36-26-30(13-9-11-23-51)35(15-10-12-24-52)42(43(36)46)37-27-34(21-22-40(37)59-46)56-29-31-14-7-8-16-38(31)47/h6-8,14,16-22,26-27,30,35,41-43,51-52H,1,9-13,15,23-25,28-29H2,2-5H3. The van der Waals surface area contributed by atoms with Gasteiger partial charge in [-0.05, 0) is 100 Å². The molecule has 0 spiro atoms. The van der Waals surface area contributed by atoms with Crippen molar-refractivity contribution >= 4 is 17.5 Å². The molecule has 1 fully saturated rings. The molecule has 6 unspecified atom stereocenters. The van der Waals surface area contributed by atoms with E-state index in [1.807, 2.05) is 32.9 Å². The molecule has 0 bridgehead atoms. The highest BCUT2D eigenvalue weighted by atomic mass is 19.1. The molecule has 6 rings (SSSR count). The molecule has 3 aliphatic rings. The Kier molecular flexibility index (Phi) is 14.3. The van der Waals surface area contributed by atoms with Crippen molar-refractivity contribution in [2.75, 3.05) is 26.9 Å². The van der Waals surface area contributed by atoms with E-state index in [2.05, 4.69) is 12.7 Å². The number of carbonyl (C=O) groups excluding carboxylic acids is 1. The molecule has 3 aromatic carbocycles. The molecular weight excluding hydrogens is 774 g/mol. The Morgan fingerprint density at radius 3 is 2.42 bits per heavy atom. The van der Waals surface area contributed by atoms with Gasteiger partial charge in [0.2, 0.25) is 5.79 Å². The average Bonchev–Trinajstić information content (AvgIpc) is 3.22. The van der Waals surface area contributed by atoms with Gasteiger partial charge < -0.3 is 38.9 Å². The van der Waals surface area contributed by atoms with Crippen LogP contribution in [-0.2, 0) is 16.2 Å². The van der Waals surface area contributed by atoms with E-state index in [-0.39, 0.29) is 67.9 Å². The van der Waals surface area contributed by atoms with Crippen molar-refractivity contribution in [3.05, 3.63) is 118 Å². The largest absolute Gasteiger partial charge is 0.489 e. The average molecular weight is 830 g/mol. The van der Waals surface area contributed by atoms with E-state index in [1.165, 1.54) is 35.2 Å². The first-order valence-electron chi connectivity index (χ1n) is 20.6. The molecule has 0 radical (unpaired) electrons. The lowest BCUT2D eigenvalue weighted by atomic mass is 9.55. The van der Waals surface area contributed by atoms with Gasteiger partial charge in [0, 0.05) is 55.9 Å². The first-order chi connectivity index (χ1) is 28.8. The highest BCUT2D eigenvalue weighted by Gasteiger charge is 2.65. The van der Waals surface area contributed by atoms with E-state index < -0.39 is 34.4 Å². The minimum Gasteiger partial charge on any atom is -0.489 e. The van der Waals surface area contributed by atoms with Gasteiger partial charge in [-0.1, -0.05) is 48.3 Å². The number of hydrogen-bond acceptors (Lipinski definition) is 11. The zero-order chi connectivity index (χ0) is 43.0. The molecule has 1 amide bonds. The normalized spacial score (nSPS) is 23.7. The third kappa shape index (κ3) is 9.83. The molecule has 2 aliphatic carbocycles. The Morgan fingerprint density at radius 1 is 1.05 bits per heavy atom. The number of fused-ring (bicyclic) bond motifs is 2. The summed E-state index contributed by atoms with van der Waals surface area (Å²) in [5, 5.41) is 35.8. The monoisotopic (exact) mass is 829 g/mol. The van der Waals surface area contributed by atoms with Gasteiger partial charge >= 0.3 is 6.09 Å². The zero-order valence-electron chi connectivity index (χ0n) is 34.8. The number of hydrogen-bond donors (Lipinski definition) is 2. The number of rotatable bonds is 18. The number of nitro benzene ring substituents is 1. The Morgan fingerprint density at radius 2 is 1.75 bits per heavy atom. The molecule has 1 aliphatic heterocycles. The third-order valence-electron chi connectivity index (χ3n) is 11.4. The highest BCUT2D eigenvalue weighted by molar-refractivity contribution is 6.03. The van der Waals surface area contributed by atoms with Gasteiger partial charge in [0.15, 0.2) is 0 Å². The molecule has 322 valence electrons. The Hall–Kier alpha value is -5.31. The number of unbranched alkanes of at least 4 members (excludes halogenated alkanes) is 2. The number of amides is 1. The maximum Gasteiger partial charge on any atom is 0.415 e. The number of halogens is 1. The molecule has 6 atom stereocenters. The second kappa shape index (κ2) is 19.4. The molecule has 3 aromatic rings. The van der Waals surface area contributed by atoms with Gasteiger partial charge in [-0.25, -0.2) is 9.18 Å². The van der Waals surface area contributed by atoms with E-state index >= 15 is 0 Å². The van der Waals surface area contributed by atoms with Crippen LogP contribution in [0.4, 0.5) is 14.9 Å². The van der Waals surface area contributed by atoms with Crippen molar-refractivity contribution < 1.29 is 48.1 Å². The molecule has 1 saturated carbocycles. The summed E-state index contributed by atoms with van der Waals surface area (Å²) < 4.78 is 40.8. The fourth-order valence-corrected chi connectivity index (χ4v) is 8.72. The predicted octanol–water partition coefficient (Wildman–Crippen LogP) is 8.88. The summed E-state index contributed by atoms with van der Waals surface area (Å²) >= 11 is 0. The second-order valence-electron chi connectivity index (χ2n) is 16.6. The predicted molar refractivity (Wildman–Crippen MR) is 223 cm³/mol. The van der Waals surface area contributed by atoms with Gasteiger partial charge in [0.25, 0.3) is 5.69 Å². The van der Waals surface area contributed by atoms with E-state index in [0.717, 1.165) is 36.8 Å². The summed E-state index contributed by atoms with van der Waals surface area (Å²) in [6.07, 6.45) is 7.53. The summed E-state index contributed by atoms with van der Waals surface area (Å²) in [5.41, 5.74) is 1.93. The van der Waals surface area contributed by atoms with Crippen LogP contribution in [0.25, 0.3) is 0 Å². The Bertz CT molecular complexity index is 2050. The van der Waals surface area contributed by atoms with Gasteiger partial charge in [-0.3, -0.25) is 10.1 Å². The van der Waals surface area contributed by atoms with Crippen LogP contribution in [0.15, 0.2) is 96.2 Å². The van der Waals surface area contributed by atoms with E-state index in [9.17, 15) is 29.5 Å². The van der Waals surface area contributed by atoms with Crippen molar-refractivity contribution in [1.82, 2.24) is 4.90 Å². The molecule has 14 heteroatoms. The number of aliphatic hydroxyl groups excluding tert-OH is 2. The van der Waals surface area contributed by atoms with Crippen LogP contribution in [0, 0.1) is 33.7 Å². The van der Waals surface area contributed by atoms with E-state index in [1.54, 1.807) is 37.4 Å². The fraction of sp³-hybridized carbons (Fsp3) is 0.478. The van der Waals surface area contributed by atoms with Crippen molar-refractivity contribution in [2.24, 2.45) is 22.9 Å². The Labute approximate surface area is 350 Å². The van der Waals surface area contributed by atoms with Crippen LogP contribution in [0.5, 0.6) is 17.2 Å². The van der Waals surface area contributed by atoms with Crippen LogP contribution in [-0.4, -0.2) is 76.1 Å². The fourth-order valence-electron chi connectivity index (χ4n) is 8.72. The summed E-state index contributed by atoms with van der Waals surface area (Å²) in [7, 11) is 1.60. The van der Waals surface area contributed by atoms with Gasteiger partial charge in [0.1, 0.15) is 41.3 Å². The SMILES string of the molecule is C=CCOC12Oc3ccc(OCc4ccccc4F)cc3C3C(CCCCO)C(CCCCO)C=C(C(=NOC(C)(C)C)CC1N(C)C(=O)Oc1ccc([N+](=O)[O-])cc1)C32. The lowest BCUT2D eigenvalue weighted by Gasteiger charge is -2.59. The molecule has 1 heterocycles. The van der Waals surface area contributed by atoms with Crippen LogP contribution in [0.1, 0.15) is 82.8 Å². The van der Waals surface area contributed by atoms with Crippen LogP contribution in [0.2, 0.25) is 0 Å². The molecule has 60 heavy (non-hydrogen) atoms. The number of carbonyl (C=O) groups is 1. The van der Waals surface area contributed by atoms with Gasteiger partial charge in [0.05, 0.1) is 23.2 Å². The number of aliphatic hydroxyl groups is 2. The van der Waals surface area contributed by atoms with Crippen molar-refractivity contribution in [1.29, 1.82) is 0 Å². The molecule has 2 N–H and O–H groups in total. The maximum absolute atomic E-state index is 14.7. The zero-order valence-corrected chi connectivity index (χ0v) is 34.8. The lowest BCUT2D eigenvalue weighted by molar-refractivity contribution is -0.384. The van der Waals surface area contributed by atoms with Gasteiger partial charge in [-0.15, -0.1) is 6.58 Å². The number of ether oxygens (including phenoxy) is 4. The quantitative estimate of drug-likeness (QED) is 0.0548. The van der Waals surface area contributed by atoms with Crippen LogP contribution >= 0.6 is 0 Å². The summed E-state index contributed by atoms with van der Waals surface area (Å²) in [6.45, 7) is 9.84. The minimum absolute atomic E-state index is 0.00630. The third-order valence-corrected chi connectivity index (χ3v) is 11.4. The lowest BCUT2D eigenvalue weighted by Crippen LogP contribution is -2.69. The second-order valence-corrected chi connectivity index (χ2v) is 16.6. The van der Waals surface area contributed by atoms with Crippen LogP contribution < -0.4 is 14.2 Å². The maximum atomic E-state index is 14.7. The molecular formula is C46H56FN3O10. The van der Waals surface area contributed by atoms with Crippen molar-refractivity contribution in [3.8, 4) is 17.2 Å². The molecule has 13 nitrogen and oxygen atoms in total. The number of benzene rings is 3. The van der Waals surface area contributed by atoms with Gasteiger partial charge in [-0.2, -0.15) is 0 Å². The number of nitro groups is 1.